The molecule has 1 saturated heterocycles. The Hall–Kier alpha value is -4.67. The smallest absolute Gasteiger partial charge is 0.270 e. The average Bonchev–Trinajstić information content (AvgIpc) is 2.96. The molecule has 0 spiro atoms. The van der Waals surface area contributed by atoms with Crippen molar-refractivity contribution in [2.24, 2.45) is 0 Å². The van der Waals surface area contributed by atoms with E-state index in [2.05, 4.69) is 15.9 Å². The molecule has 2 amide bonds. The van der Waals surface area contributed by atoms with Gasteiger partial charge in [0, 0.05) is 22.2 Å². The normalized spacial score (nSPS) is 13.4. The maximum absolute atomic E-state index is 13.8. The van der Waals surface area contributed by atoms with Gasteiger partial charge >= 0.3 is 0 Å². The first-order valence-corrected chi connectivity index (χ1v) is 13.2. The van der Waals surface area contributed by atoms with Crippen LogP contribution in [0.5, 0.6) is 5.75 Å². The van der Waals surface area contributed by atoms with E-state index in [1.807, 2.05) is 12.1 Å². The Morgan fingerprint density at radius 3 is 2.00 bits per heavy atom. The lowest BCUT2D eigenvalue weighted by Gasteiger charge is -2.36. The summed E-state index contributed by atoms with van der Waals surface area (Å²) < 4.78 is 6.71. The third-order valence-electron chi connectivity index (χ3n) is 6.07. The van der Waals surface area contributed by atoms with Crippen LogP contribution in [0.2, 0.25) is 0 Å². The molecule has 8 nitrogen and oxygen atoms in total. The van der Waals surface area contributed by atoms with Gasteiger partial charge in [0.25, 0.3) is 17.5 Å². The van der Waals surface area contributed by atoms with E-state index in [1.54, 1.807) is 78.9 Å². The molecule has 4 aromatic rings. The number of halogens is 1. The number of rotatable bonds is 7. The summed E-state index contributed by atoms with van der Waals surface area (Å²) in [6.07, 6.45) is 1.48. The number of carbonyl (C=O) groups excluding carboxylic acids is 2. The number of benzene rings is 4. The molecule has 1 fully saturated rings. The largest absolute Gasteiger partial charge is 0.488 e. The minimum Gasteiger partial charge on any atom is -0.488 e. The van der Waals surface area contributed by atoms with Crippen molar-refractivity contribution in [1.82, 2.24) is 0 Å². The van der Waals surface area contributed by atoms with Gasteiger partial charge in [-0.2, -0.15) is 0 Å². The lowest BCUT2D eigenvalue weighted by Crippen LogP contribution is -2.56. The number of amides is 2. The predicted molar refractivity (Wildman–Crippen MR) is 160 cm³/mol. The number of nitro groups is 1. The van der Waals surface area contributed by atoms with E-state index < -0.39 is 16.7 Å². The Kier molecular flexibility index (Phi) is 7.81. The van der Waals surface area contributed by atoms with Crippen molar-refractivity contribution < 1.29 is 19.2 Å². The Balaban J connectivity index is 1.56. The Morgan fingerprint density at radius 2 is 1.43 bits per heavy atom. The van der Waals surface area contributed by atoms with Crippen molar-refractivity contribution in [3.63, 3.8) is 0 Å². The number of non-ortho nitro benzene ring substituents is 1. The molecule has 4 aromatic carbocycles. The third kappa shape index (κ3) is 5.54. The summed E-state index contributed by atoms with van der Waals surface area (Å²) in [5, 5.41) is 11.2. The molecule has 0 atom stereocenters. The third-order valence-corrected chi connectivity index (χ3v) is 6.92. The summed E-state index contributed by atoms with van der Waals surface area (Å²) in [6, 6.07) is 29.1. The minimum absolute atomic E-state index is 0.0394. The lowest BCUT2D eigenvalue weighted by molar-refractivity contribution is -0.384. The topological polar surface area (TPSA) is 93.0 Å². The zero-order valence-electron chi connectivity index (χ0n) is 20.8. The van der Waals surface area contributed by atoms with Gasteiger partial charge < -0.3 is 4.74 Å². The second-order valence-electron chi connectivity index (χ2n) is 8.69. The molecular weight excluding hydrogens is 594 g/mol. The fourth-order valence-electron chi connectivity index (χ4n) is 4.18. The van der Waals surface area contributed by atoms with Crippen LogP contribution in [0.1, 0.15) is 11.1 Å². The number of hydrogen-bond donors (Lipinski definition) is 0. The molecule has 1 aliphatic heterocycles. The van der Waals surface area contributed by atoms with Crippen LogP contribution in [0.15, 0.2) is 113 Å². The number of para-hydroxylation sites is 2. The van der Waals surface area contributed by atoms with Crippen molar-refractivity contribution in [1.29, 1.82) is 0 Å². The van der Waals surface area contributed by atoms with Gasteiger partial charge in [0.05, 0.1) is 16.3 Å². The molecule has 1 aliphatic rings. The molecule has 1 heterocycles. The highest BCUT2D eigenvalue weighted by Crippen LogP contribution is 2.32. The molecular formula is C30H20BrN3O5S. The maximum atomic E-state index is 13.8. The van der Waals surface area contributed by atoms with Gasteiger partial charge in [0.1, 0.15) is 17.9 Å². The molecule has 0 aliphatic carbocycles. The second kappa shape index (κ2) is 11.6. The average molecular weight is 614 g/mol. The first kappa shape index (κ1) is 26.9. The van der Waals surface area contributed by atoms with Crippen LogP contribution in [0.3, 0.4) is 0 Å². The van der Waals surface area contributed by atoms with Crippen molar-refractivity contribution in [3.05, 3.63) is 134 Å². The Labute approximate surface area is 243 Å². The van der Waals surface area contributed by atoms with Crippen LogP contribution >= 0.6 is 28.1 Å². The number of anilines is 2. The minimum atomic E-state index is -0.571. The summed E-state index contributed by atoms with van der Waals surface area (Å²) >= 11 is 9.11. The molecule has 0 bridgehead atoms. The van der Waals surface area contributed by atoms with Gasteiger partial charge in [-0.15, -0.1) is 0 Å². The molecule has 0 N–H and O–H groups in total. The van der Waals surface area contributed by atoms with Crippen LogP contribution in [-0.2, 0) is 16.2 Å². The first-order chi connectivity index (χ1) is 19.3. The van der Waals surface area contributed by atoms with E-state index in [9.17, 15) is 19.7 Å². The number of nitro benzene ring substituents is 1. The van der Waals surface area contributed by atoms with Gasteiger partial charge in [-0.3, -0.25) is 29.5 Å². The maximum Gasteiger partial charge on any atom is 0.270 e. The predicted octanol–water partition coefficient (Wildman–Crippen LogP) is 6.68. The molecule has 0 saturated carbocycles. The van der Waals surface area contributed by atoms with Crippen molar-refractivity contribution in [2.45, 2.75) is 6.61 Å². The molecule has 0 aromatic heterocycles. The van der Waals surface area contributed by atoms with Gasteiger partial charge in [0.15, 0.2) is 5.11 Å². The standard InChI is InChI=1S/C30H20BrN3O5S/c31-22-14-15-27(39-19-20-8-7-13-25(16-20)34(37)38)21(17-22)18-26-28(35)32(23-9-3-1-4-10-23)30(40)33(29(26)36)24-11-5-2-6-12-24/h1-18H,19H2. The van der Waals surface area contributed by atoms with E-state index in [1.165, 1.54) is 28.0 Å². The van der Waals surface area contributed by atoms with Gasteiger partial charge in [-0.25, -0.2) is 0 Å². The summed E-state index contributed by atoms with van der Waals surface area (Å²) in [4.78, 5) is 41.0. The lowest BCUT2D eigenvalue weighted by atomic mass is 10.0. The summed E-state index contributed by atoms with van der Waals surface area (Å²) in [7, 11) is 0. The van der Waals surface area contributed by atoms with Crippen LogP contribution in [0.25, 0.3) is 6.08 Å². The van der Waals surface area contributed by atoms with Crippen molar-refractivity contribution in [3.8, 4) is 5.75 Å². The first-order valence-electron chi connectivity index (χ1n) is 12.0. The van der Waals surface area contributed by atoms with Crippen LogP contribution in [0.4, 0.5) is 17.1 Å². The number of hydrogen-bond acceptors (Lipinski definition) is 6. The van der Waals surface area contributed by atoms with Crippen molar-refractivity contribution >= 4 is 68.2 Å². The quantitative estimate of drug-likeness (QED) is 0.0758. The molecule has 0 radical (unpaired) electrons. The molecule has 5 rings (SSSR count). The van der Waals surface area contributed by atoms with E-state index in [0.717, 1.165) is 0 Å². The number of ether oxygens (including phenoxy) is 1. The van der Waals surface area contributed by atoms with E-state index in [4.69, 9.17) is 17.0 Å². The highest BCUT2D eigenvalue weighted by molar-refractivity contribution is 9.10. The number of thiocarbonyl (C=S) groups is 1. The van der Waals surface area contributed by atoms with E-state index >= 15 is 0 Å². The van der Waals surface area contributed by atoms with Crippen LogP contribution < -0.4 is 14.5 Å². The zero-order chi connectivity index (χ0) is 28.2. The molecule has 198 valence electrons. The second-order valence-corrected chi connectivity index (χ2v) is 9.97. The highest BCUT2D eigenvalue weighted by atomic mass is 79.9. The van der Waals surface area contributed by atoms with Crippen LogP contribution in [0, 0.1) is 10.1 Å². The molecule has 40 heavy (non-hydrogen) atoms. The summed E-state index contributed by atoms with van der Waals surface area (Å²) in [5.74, 6) is -0.760. The molecule has 10 heteroatoms. The fourth-order valence-corrected chi connectivity index (χ4v) is 4.93. The van der Waals surface area contributed by atoms with E-state index in [-0.39, 0.29) is 23.0 Å². The monoisotopic (exact) mass is 613 g/mol. The van der Waals surface area contributed by atoms with Gasteiger partial charge in [0.2, 0.25) is 0 Å². The Morgan fingerprint density at radius 1 is 0.825 bits per heavy atom. The van der Waals surface area contributed by atoms with Gasteiger partial charge in [-0.1, -0.05) is 64.5 Å². The zero-order valence-corrected chi connectivity index (χ0v) is 23.2. The summed E-state index contributed by atoms with van der Waals surface area (Å²) in [5.41, 5.74) is 1.94. The van der Waals surface area contributed by atoms with Crippen molar-refractivity contribution in [2.75, 3.05) is 9.80 Å². The fraction of sp³-hybridized carbons (Fsp3) is 0.0333. The summed E-state index contributed by atoms with van der Waals surface area (Å²) in [6.45, 7) is 0.0394. The van der Waals surface area contributed by atoms with Gasteiger partial charge in [-0.05, 0) is 66.3 Å². The van der Waals surface area contributed by atoms with Crippen LogP contribution in [-0.4, -0.2) is 21.9 Å². The number of carbonyl (C=O) groups is 2. The highest BCUT2D eigenvalue weighted by Gasteiger charge is 2.41. The SMILES string of the molecule is O=C1C(=Cc2cc(Br)ccc2OCc2cccc([N+](=O)[O-])c2)C(=O)N(c2ccccc2)C(=S)N1c1ccccc1. The molecule has 0 unspecified atom stereocenters. The number of nitrogens with zero attached hydrogens (tertiary/aromatic N) is 3. The van der Waals surface area contributed by atoms with E-state index in [0.29, 0.717) is 32.7 Å². The Bertz CT molecular complexity index is 1600.